The summed E-state index contributed by atoms with van der Waals surface area (Å²) in [5, 5.41) is -0.0914. The predicted octanol–water partition coefficient (Wildman–Crippen LogP) is 3.25. The molecule has 13 heavy (non-hydrogen) atoms. The Hall–Kier alpha value is -0.550. The SMILES string of the molecule is O=Cc1c(Cl)ncc(C(F)F)c1Br. The number of rotatable bonds is 2. The molecular weight excluding hydrogens is 267 g/mol. The van der Waals surface area contributed by atoms with E-state index in [1.165, 1.54) is 0 Å². The van der Waals surface area contributed by atoms with Crippen LogP contribution in [0.5, 0.6) is 0 Å². The van der Waals surface area contributed by atoms with Crippen LogP contribution in [0, 0.1) is 0 Å². The highest BCUT2D eigenvalue weighted by Gasteiger charge is 2.17. The lowest BCUT2D eigenvalue weighted by atomic mass is 10.2. The molecule has 0 atom stereocenters. The van der Waals surface area contributed by atoms with Crippen molar-refractivity contribution in [1.82, 2.24) is 4.98 Å². The molecule has 0 amide bonds. The van der Waals surface area contributed by atoms with Gasteiger partial charge in [0, 0.05) is 10.7 Å². The summed E-state index contributed by atoms with van der Waals surface area (Å²) in [6.45, 7) is 0. The van der Waals surface area contributed by atoms with E-state index in [9.17, 15) is 13.6 Å². The highest BCUT2D eigenvalue weighted by atomic mass is 79.9. The molecule has 1 rings (SSSR count). The summed E-state index contributed by atoms with van der Waals surface area (Å²) in [4.78, 5) is 13.9. The Morgan fingerprint density at radius 2 is 2.23 bits per heavy atom. The van der Waals surface area contributed by atoms with Gasteiger partial charge in [0.05, 0.1) is 11.1 Å². The van der Waals surface area contributed by atoms with Gasteiger partial charge in [0.2, 0.25) is 0 Å². The van der Waals surface area contributed by atoms with Gasteiger partial charge in [-0.3, -0.25) is 4.79 Å². The van der Waals surface area contributed by atoms with Crippen LogP contribution in [0.2, 0.25) is 5.15 Å². The van der Waals surface area contributed by atoms with Crippen molar-refractivity contribution in [2.75, 3.05) is 0 Å². The minimum atomic E-state index is -2.68. The second-order valence-corrected chi connectivity index (χ2v) is 3.30. The molecule has 0 fully saturated rings. The second-order valence-electron chi connectivity index (χ2n) is 2.15. The van der Waals surface area contributed by atoms with Crippen LogP contribution < -0.4 is 0 Å². The first-order valence-electron chi connectivity index (χ1n) is 3.15. The van der Waals surface area contributed by atoms with E-state index in [1.54, 1.807) is 0 Å². The molecule has 70 valence electrons. The number of nitrogens with zero attached hydrogens (tertiary/aromatic N) is 1. The van der Waals surface area contributed by atoms with Crippen molar-refractivity contribution >= 4 is 33.8 Å². The van der Waals surface area contributed by atoms with Crippen molar-refractivity contribution in [3.63, 3.8) is 0 Å². The molecule has 0 spiro atoms. The molecule has 0 unspecified atom stereocenters. The molecule has 0 aliphatic rings. The number of carbonyl (C=O) groups is 1. The van der Waals surface area contributed by atoms with Gasteiger partial charge >= 0.3 is 0 Å². The molecule has 0 radical (unpaired) electrons. The van der Waals surface area contributed by atoms with Crippen LogP contribution in [0.4, 0.5) is 8.78 Å². The maximum Gasteiger partial charge on any atom is 0.266 e. The van der Waals surface area contributed by atoms with Gasteiger partial charge in [0.15, 0.2) is 6.29 Å². The second kappa shape index (κ2) is 4.11. The number of aldehydes is 1. The molecule has 2 nitrogen and oxygen atoms in total. The fourth-order valence-corrected chi connectivity index (χ4v) is 1.61. The zero-order valence-corrected chi connectivity index (χ0v) is 8.44. The zero-order valence-electron chi connectivity index (χ0n) is 6.10. The van der Waals surface area contributed by atoms with Gasteiger partial charge in [-0.15, -0.1) is 0 Å². The third-order valence-corrected chi connectivity index (χ3v) is 2.57. The number of alkyl halides is 2. The number of carbonyl (C=O) groups excluding carboxylic acids is 1. The minimum Gasteiger partial charge on any atom is -0.298 e. The lowest BCUT2D eigenvalue weighted by Crippen LogP contribution is -1.95. The summed E-state index contributed by atoms with van der Waals surface area (Å²) in [6.07, 6.45) is -1.37. The van der Waals surface area contributed by atoms with Crippen molar-refractivity contribution in [3.8, 4) is 0 Å². The van der Waals surface area contributed by atoms with E-state index >= 15 is 0 Å². The summed E-state index contributed by atoms with van der Waals surface area (Å²) in [7, 11) is 0. The molecule has 1 aromatic heterocycles. The Balaban J connectivity index is 3.35. The average Bonchev–Trinajstić information content (AvgIpc) is 2.04. The highest BCUT2D eigenvalue weighted by molar-refractivity contribution is 9.10. The van der Waals surface area contributed by atoms with E-state index in [-0.39, 0.29) is 20.8 Å². The fraction of sp³-hybridized carbons (Fsp3) is 0.143. The van der Waals surface area contributed by atoms with Gasteiger partial charge in [-0.2, -0.15) is 0 Å². The summed E-state index contributed by atoms with van der Waals surface area (Å²) in [5.41, 5.74) is -0.397. The normalized spacial score (nSPS) is 10.5. The number of hydrogen-bond donors (Lipinski definition) is 0. The molecule has 0 N–H and O–H groups in total. The van der Waals surface area contributed by atoms with Gasteiger partial charge in [0.1, 0.15) is 5.15 Å². The number of hydrogen-bond acceptors (Lipinski definition) is 2. The number of aromatic nitrogens is 1. The van der Waals surface area contributed by atoms with Gasteiger partial charge in [-0.05, 0) is 15.9 Å². The van der Waals surface area contributed by atoms with Crippen LogP contribution in [-0.2, 0) is 0 Å². The number of pyridine rings is 1. The van der Waals surface area contributed by atoms with Crippen molar-refractivity contribution in [1.29, 1.82) is 0 Å². The molecule has 1 aromatic rings. The van der Waals surface area contributed by atoms with E-state index in [0.29, 0.717) is 6.29 Å². The monoisotopic (exact) mass is 269 g/mol. The third-order valence-electron chi connectivity index (χ3n) is 1.38. The van der Waals surface area contributed by atoms with E-state index in [0.717, 1.165) is 6.20 Å². The Kier molecular flexibility index (Phi) is 3.33. The molecule has 0 aliphatic heterocycles. The Bertz CT molecular complexity index is 346. The summed E-state index contributed by atoms with van der Waals surface area (Å²) >= 11 is 8.35. The summed E-state index contributed by atoms with van der Waals surface area (Å²) in [6, 6.07) is 0. The number of halogens is 4. The van der Waals surface area contributed by atoms with Crippen LogP contribution in [0.15, 0.2) is 10.7 Å². The van der Waals surface area contributed by atoms with Gasteiger partial charge in [-0.1, -0.05) is 11.6 Å². The maximum atomic E-state index is 12.2. The lowest BCUT2D eigenvalue weighted by Gasteiger charge is -2.05. The van der Waals surface area contributed by atoms with Crippen LogP contribution in [0.3, 0.4) is 0 Å². The standard InChI is InChI=1S/C7H3BrClF2NO/c8-5-3(7(10)11)1-12-6(9)4(5)2-13/h1-2,7H. The van der Waals surface area contributed by atoms with Gasteiger partial charge in [-0.25, -0.2) is 13.8 Å². The van der Waals surface area contributed by atoms with Crippen LogP contribution in [0.1, 0.15) is 22.3 Å². The third kappa shape index (κ3) is 2.03. The fourth-order valence-electron chi connectivity index (χ4n) is 0.751. The smallest absolute Gasteiger partial charge is 0.266 e. The Morgan fingerprint density at radius 1 is 1.62 bits per heavy atom. The first kappa shape index (κ1) is 10.5. The molecule has 0 saturated carbocycles. The summed E-state index contributed by atoms with van der Waals surface area (Å²) < 4.78 is 24.5. The Morgan fingerprint density at radius 3 is 2.69 bits per heavy atom. The predicted molar refractivity (Wildman–Crippen MR) is 47.3 cm³/mol. The average molecular weight is 270 g/mol. The molecule has 0 aromatic carbocycles. The molecule has 1 heterocycles. The molecule has 0 aliphatic carbocycles. The van der Waals surface area contributed by atoms with E-state index in [4.69, 9.17) is 11.6 Å². The van der Waals surface area contributed by atoms with E-state index < -0.39 is 6.43 Å². The van der Waals surface area contributed by atoms with E-state index in [2.05, 4.69) is 20.9 Å². The van der Waals surface area contributed by atoms with Crippen LogP contribution in [0.25, 0.3) is 0 Å². The van der Waals surface area contributed by atoms with Crippen LogP contribution >= 0.6 is 27.5 Å². The lowest BCUT2D eigenvalue weighted by molar-refractivity contribution is 0.112. The Labute approximate surface area is 86.0 Å². The largest absolute Gasteiger partial charge is 0.298 e. The van der Waals surface area contributed by atoms with E-state index in [1.807, 2.05) is 0 Å². The molecule has 0 saturated heterocycles. The minimum absolute atomic E-state index is 0.00231. The maximum absolute atomic E-state index is 12.2. The zero-order chi connectivity index (χ0) is 10.0. The topological polar surface area (TPSA) is 30.0 Å². The molecule has 0 bridgehead atoms. The quantitative estimate of drug-likeness (QED) is 0.610. The first-order chi connectivity index (χ1) is 6.07. The van der Waals surface area contributed by atoms with Gasteiger partial charge in [0.25, 0.3) is 6.43 Å². The van der Waals surface area contributed by atoms with Crippen molar-refractivity contribution in [3.05, 3.63) is 26.9 Å². The van der Waals surface area contributed by atoms with Crippen LogP contribution in [-0.4, -0.2) is 11.3 Å². The van der Waals surface area contributed by atoms with Crippen molar-refractivity contribution in [2.24, 2.45) is 0 Å². The van der Waals surface area contributed by atoms with Gasteiger partial charge < -0.3 is 0 Å². The first-order valence-corrected chi connectivity index (χ1v) is 4.32. The van der Waals surface area contributed by atoms with Crippen molar-refractivity contribution < 1.29 is 13.6 Å². The molecule has 6 heteroatoms. The van der Waals surface area contributed by atoms with Crippen molar-refractivity contribution in [2.45, 2.75) is 6.43 Å². The molecular formula is C7H3BrClF2NO. The summed E-state index contributed by atoms with van der Waals surface area (Å²) in [5.74, 6) is 0. The highest BCUT2D eigenvalue weighted by Crippen LogP contribution is 2.31.